The van der Waals surface area contributed by atoms with Crippen molar-refractivity contribution in [1.29, 1.82) is 0 Å². The third kappa shape index (κ3) is 1.44. The number of fused-ring (bicyclic) bond motifs is 1. The summed E-state index contributed by atoms with van der Waals surface area (Å²) in [4.78, 5) is 0. The van der Waals surface area contributed by atoms with E-state index in [9.17, 15) is 0 Å². The van der Waals surface area contributed by atoms with Crippen LogP contribution in [0.25, 0.3) is 5.57 Å². The molecule has 0 saturated heterocycles. The molecule has 0 radical (unpaired) electrons. The number of rotatable bonds is 2. The molecule has 0 heterocycles. The predicted octanol–water partition coefficient (Wildman–Crippen LogP) is 4.72. The monoisotopic (exact) mass is 212 g/mol. The van der Waals surface area contributed by atoms with Crippen LogP contribution in [0.15, 0.2) is 42.0 Å². The van der Waals surface area contributed by atoms with E-state index in [2.05, 4.69) is 64.1 Å². The van der Waals surface area contributed by atoms with Gasteiger partial charge in [0.05, 0.1) is 0 Å². The molecule has 0 N–H and O–H groups in total. The number of benzene rings is 1. The van der Waals surface area contributed by atoms with Gasteiger partial charge in [-0.15, -0.1) is 0 Å². The highest BCUT2D eigenvalue weighted by atomic mass is 14.4. The van der Waals surface area contributed by atoms with Gasteiger partial charge in [0.15, 0.2) is 0 Å². The second kappa shape index (κ2) is 3.93. The van der Waals surface area contributed by atoms with Gasteiger partial charge in [0.25, 0.3) is 0 Å². The second-order valence-corrected chi connectivity index (χ2v) is 4.92. The van der Waals surface area contributed by atoms with Gasteiger partial charge in [-0.1, -0.05) is 62.8 Å². The standard InChI is InChI=1S/C16H20/c1-5-9-12-13-10-7-8-11-15(13)16(3,4)14(12)6-2/h5,7-11H,6H2,1-4H3/b9-5-. The first-order chi connectivity index (χ1) is 7.62. The maximum Gasteiger partial charge on any atom is 0.0120 e. The molecule has 0 unspecified atom stereocenters. The Balaban J connectivity index is 2.70. The van der Waals surface area contributed by atoms with E-state index in [1.54, 1.807) is 5.57 Å². The molecule has 1 aliphatic carbocycles. The van der Waals surface area contributed by atoms with E-state index in [-0.39, 0.29) is 5.41 Å². The molecule has 0 atom stereocenters. The molecule has 1 aromatic carbocycles. The van der Waals surface area contributed by atoms with Crippen LogP contribution in [0.5, 0.6) is 0 Å². The van der Waals surface area contributed by atoms with Crippen LogP contribution in [-0.4, -0.2) is 0 Å². The Morgan fingerprint density at radius 1 is 1.19 bits per heavy atom. The smallest absolute Gasteiger partial charge is 0.0120 e. The van der Waals surface area contributed by atoms with Crippen molar-refractivity contribution in [2.75, 3.05) is 0 Å². The van der Waals surface area contributed by atoms with Gasteiger partial charge in [0, 0.05) is 5.41 Å². The maximum absolute atomic E-state index is 2.33. The van der Waals surface area contributed by atoms with Crippen LogP contribution in [-0.2, 0) is 5.41 Å². The minimum Gasteiger partial charge on any atom is -0.0870 e. The van der Waals surface area contributed by atoms with E-state index < -0.39 is 0 Å². The second-order valence-electron chi connectivity index (χ2n) is 4.92. The molecule has 0 spiro atoms. The van der Waals surface area contributed by atoms with Gasteiger partial charge >= 0.3 is 0 Å². The molecule has 0 saturated carbocycles. The fourth-order valence-corrected chi connectivity index (χ4v) is 2.91. The summed E-state index contributed by atoms with van der Waals surface area (Å²) < 4.78 is 0. The minimum atomic E-state index is 0.195. The summed E-state index contributed by atoms with van der Waals surface area (Å²) in [6.45, 7) is 9.02. The van der Waals surface area contributed by atoms with E-state index in [4.69, 9.17) is 0 Å². The van der Waals surface area contributed by atoms with Gasteiger partial charge < -0.3 is 0 Å². The fraction of sp³-hybridized carbons (Fsp3) is 0.375. The van der Waals surface area contributed by atoms with Gasteiger partial charge in [0.1, 0.15) is 0 Å². The maximum atomic E-state index is 2.33. The van der Waals surface area contributed by atoms with E-state index in [0.717, 1.165) is 6.42 Å². The van der Waals surface area contributed by atoms with Crippen molar-refractivity contribution in [2.24, 2.45) is 0 Å². The van der Waals surface area contributed by atoms with Crippen LogP contribution >= 0.6 is 0 Å². The Morgan fingerprint density at radius 2 is 1.88 bits per heavy atom. The highest BCUT2D eigenvalue weighted by Gasteiger charge is 2.34. The van der Waals surface area contributed by atoms with E-state index in [0.29, 0.717) is 0 Å². The highest BCUT2D eigenvalue weighted by Crippen LogP contribution is 2.47. The van der Waals surface area contributed by atoms with Crippen LogP contribution in [0.1, 0.15) is 45.2 Å². The molecule has 16 heavy (non-hydrogen) atoms. The van der Waals surface area contributed by atoms with Crippen molar-refractivity contribution < 1.29 is 0 Å². The molecule has 2 rings (SSSR count). The Kier molecular flexibility index (Phi) is 2.75. The molecular formula is C16H20. The van der Waals surface area contributed by atoms with Crippen molar-refractivity contribution in [1.82, 2.24) is 0 Å². The van der Waals surface area contributed by atoms with Crippen LogP contribution in [0, 0.1) is 0 Å². The lowest BCUT2D eigenvalue weighted by Crippen LogP contribution is -2.16. The third-order valence-electron chi connectivity index (χ3n) is 3.66. The van der Waals surface area contributed by atoms with Crippen LogP contribution in [0.2, 0.25) is 0 Å². The normalized spacial score (nSPS) is 18.2. The minimum absolute atomic E-state index is 0.195. The van der Waals surface area contributed by atoms with E-state index >= 15 is 0 Å². The largest absolute Gasteiger partial charge is 0.0870 e. The zero-order valence-electron chi connectivity index (χ0n) is 10.7. The summed E-state index contributed by atoms with van der Waals surface area (Å²) in [7, 11) is 0. The van der Waals surface area contributed by atoms with Gasteiger partial charge in [-0.2, -0.15) is 0 Å². The van der Waals surface area contributed by atoms with E-state index in [1.165, 1.54) is 16.7 Å². The van der Waals surface area contributed by atoms with Crippen molar-refractivity contribution in [2.45, 2.75) is 39.5 Å². The van der Waals surface area contributed by atoms with Gasteiger partial charge in [-0.3, -0.25) is 0 Å². The zero-order chi connectivity index (χ0) is 11.8. The fourth-order valence-electron chi connectivity index (χ4n) is 2.91. The summed E-state index contributed by atoms with van der Waals surface area (Å²) in [6.07, 6.45) is 5.52. The van der Waals surface area contributed by atoms with Crippen molar-refractivity contribution in [3.8, 4) is 0 Å². The molecule has 1 aromatic rings. The number of hydrogen-bond donors (Lipinski definition) is 0. The van der Waals surface area contributed by atoms with Crippen LogP contribution in [0.4, 0.5) is 0 Å². The number of hydrogen-bond acceptors (Lipinski definition) is 0. The summed E-state index contributed by atoms with van der Waals surface area (Å²) in [6, 6.07) is 8.79. The van der Waals surface area contributed by atoms with Crippen molar-refractivity contribution in [3.05, 3.63) is 53.1 Å². The average Bonchev–Trinajstić information content (AvgIpc) is 2.49. The summed E-state index contributed by atoms with van der Waals surface area (Å²) >= 11 is 0. The van der Waals surface area contributed by atoms with Crippen molar-refractivity contribution >= 4 is 5.57 Å². The third-order valence-corrected chi connectivity index (χ3v) is 3.66. The molecule has 0 bridgehead atoms. The molecule has 0 nitrogen and oxygen atoms in total. The SMILES string of the molecule is C/C=C\C1=C(CC)C(C)(C)c2ccccc21. The molecule has 0 amide bonds. The zero-order valence-corrected chi connectivity index (χ0v) is 10.7. The summed E-state index contributed by atoms with van der Waals surface area (Å²) in [5.41, 5.74) is 6.08. The Bertz CT molecular complexity index is 459. The first kappa shape index (κ1) is 11.2. The molecule has 0 aliphatic heterocycles. The topological polar surface area (TPSA) is 0 Å². The quantitative estimate of drug-likeness (QED) is 0.665. The molecule has 0 heteroatoms. The van der Waals surface area contributed by atoms with E-state index in [1.807, 2.05) is 0 Å². The number of allylic oxidation sites excluding steroid dienone is 4. The molecule has 0 aromatic heterocycles. The molecule has 84 valence electrons. The van der Waals surface area contributed by atoms with Gasteiger partial charge in [0.2, 0.25) is 0 Å². The molecule has 1 aliphatic rings. The van der Waals surface area contributed by atoms with Crippen LogP contribution < -0.4 is 0 Å². The lowest BCUT2D eigenvalue weighted by atomic mass is 9.80. The Hall–Kier alpha value is -1.30. The lowest BCUT2D eigenvalue weighted by Gasteiger charge is -2.23. The first-order valence-corrected chi connectivity index (χ1v) is 6.09. The molecule has 0 fully saturated rings. The highest BCUT2D eigenvalue weighted by molar-refractivity contribution is 5.85. The molecular weight excluding hydrogens is 192 g/mol. The van der Waals surface area contributed by atoms with Crippen LogP contribution in [0.3, 0.4) is 0 Å². The average molecular weight is 212 g/mol. The summed E-state index contributed by atoms with van der Waals surface area (Å²) in [5, 5.41) is 0. The van der Waals surface area contributed by atoms with Crippen molar-refractivity contribution in [3.63, 3.8) is 0 Å². The van der Waals surface area contributed by atoms with Gasteiger partial charge in [-0.05, 0) is 30.0 Å². The Labute approximate surface area is 98.7 Å². The summed E-state index contributed by atoms with van der Waals surface area (Å²) in [5.74, 6) is 0. The predicted molar refractivity (Wildman–Crippen MR) is 71.5 cm³/mol. The lowest BCUT2D eigenvalue weighted by molar-refractivity contribution is 0.617. The van der Waals surface area contributed by atoms with Gasteiger partial charge in [-0.25, -0.2) is 0 Å². The first-order valence-electron chi connectivity index (χ1n) is 6.09. The Morgan fingerprint density at radius 3 is 2.50 bits per heavy atom.